The number of rotatable bonds is 4. The highest BCUT2D eigenvalue weighted by Gasteiger charge is 2.18. The third-order valence-corrected chi connectivity index (χ3v) is 4.94. The third kappa shape index (κ3) is 4.14. The van der Waals surface area contributed by atoms with Crippen LogP contribution in [0.3, 0.4) is 0 Å². The van der Waals surface area contributed by atoms with Crippen molar-refractivity contribution >= 4 is 27.3 Å². The molecule has 0 bridgehead atoms. The van der Waals surface area contributed by atoms with Gasteiger partial charge >= 0.3 is 0 Å². The molecule has 0 fully saturated rings. The molecule has 0 aliphatic heterocycles. The zero-order valence-electron chi connectivity index (χ0n) is 12.4. The molecular weight excluding hydrogens is 332 g/mol. The average Bonchev–Trinajstić information content (AvgIpc) is 2.84. The van der Waals surface area contributed by atoms with Crippen LogP contribution < -0.4 is 5.32 Å². The molecule has 20 heavy (non-hydrogen) atoms. The summed E-state index contributed by atoms with van der Waals surface area (Å²) in [6, 6.07) is 8.72. The second-order valence-corrected chi connectivity index (χ2v) is 7.83. The average molecular weight is 353 g/mol. The van der Waals surface area contributed by atoms with E-state index in [2.05, 4.69) is 72.5 Å². The molecule has 0 unspecified atom stereocenters. The van der Waals surface area contributed by atoms with Crippen LogP contribution in [0.4, 0.5) is 0 Å². The van der Waals surface area contributed by atoms with E-state index in [1.54, 1.807) is 11.3 Å². The van der Waals surface area contributed by atoms with Crippen LogP contribution >= 0.6 is 27.3 Å². The maximum absolute atomic E-state index is 4.71. The second kappa shape index (κ2) is 6.37. The molecule has 2 nitrogen and oxygen atoms in total. The van der Waals surface area contributed by atoms with Gasteiger partial charge in [-0.2, -0.15) is 0 Å². The lowest BCUT2D eigenvalue weighted by Crippen LogP contribution is -2.18. The molecule has 108 valence electrons. The largest absolute Gasteiger partial charge is 0.305 e. The summed E-state index contributed by atoms with van der Waals surface area (Å²) in [7, 11) is 0. The fraction of sp³-hybridized carbons (Fsp3) is 0.438. The van der Waals surface area contributed by atoms with Gasteiger partial charge in [-0.05, 0) is 24.6 Å². The number of hydrogen-bond acceptors (Lipinski definition) is 3. The van der Waals surface area contributed by atoms with Gasteiger partial charge in [0.1, 0.15) is 0 Å². The van der Waals surface area contributed by atoms with Gasteiger partial charge in [0.15, 0.2) is 0 Å². The van der Waals surface area contributed by atoms with Crippen molar-refractivity contribution < 1.29 is 0 Å². The van der Waals surface area contributed by atoms with E-state index in [1.165, 1.54) is 10.6 Å². The summed E-state index contributed by atoms with van der Waals surface area (Å²) in [5.74, 6) is 0. The Bertz CT molecular complexity index is 572. The van der Waals surface area contributed by atoms with Crippen molar-refractivity contribution in [2.75, 3.05) is 0 Å². The number of aromatic nitrogens is 1. The fourth-order valence-electron chi connectivity index (χ4n) is 1.88. The van der Waals surface area contributed by atoms with Crippen LogP contribution in [0.2, 0.25) is 0 Å². The Morgan fingerprint density at radius 1 is 1.35 bits per heavy atom. The summed E-state index contributed by atoms with van der Waals surface area (Å²) in [6.07, 6.45) is 0. The Morgan fingerprint density at radius 2 is 2.10 bits per heavy atom. The summed E-state index contributed by atoms with van der Waals surface area (Å²) in [4.78, 5) is 4.71. The van der Waals surface area contributed by atoms with Gasteiger partial charge in [-0.25, -0.2) is 4.98 Å². The molecule has 1 aromatic heterocycles. The number of thiazole rings is 1. The van der Waals surface area contributed by atoms with Crippen molar-refractivity contribution in [2.45, 2.75) is 45.7 Å². The van der Waals surface area contributed by atoms with E-state index in [4.69, 9.17) is 4.98 Å². The van der Waals surface area contributed by atoms with E-state index in [0.29, 0.717) is 6.04 Å². The summed E-state index contributed by atoms with van der Waals surface area (Å²) in [5.41, 5.74) is 2.55. The maximum atomic E-state index is 4.71. The molecule has 0 aliphatic rings. The van der Waals surface area contributed by atoms with Crippen LogP contribution in [0, 0.1) is 0 Å². The predicted octanol–water partition coefficient (Wildman–Crippen LogP) is 5.05. The van der Waals surface area contributed by atoms with E-state index in [1.807, 2.05) is 6.07 Å². The van der Waals surface area contributed by atoms with Crippen LogP contribution in [0.1, 0.15) is 50.0 Å². The monoisotopic (exact) mass is 352 g/mol. The van der Waals surface area contributed by atoms with E-state index in [0.717, 1.165) is 16.7 Å². The van der Waals surface area contributed by atoms with E-state index in [9.17, 15) is 0 Å². The SMILES string of the molecule is C[C@H](NCc1csc(C(C)(C)C)n1)c1cccc(Br)c1. The zero-order valence-corrected chi connectivity index (χ0v) is 14.8. The fourth-order valence-corrected chi connectivity index (χ4v) is 3.21. The van der Waals surface area contributed by atoms with Crippen LogP contribution in [0.25, 0.3) is 0 Å². The number of nitrogens with zero attached hydrogens (tertiary/aromatic N) is 1. The normalized spacial score (nSPS) is 13.4. The van der Waals surface area contributed by atoms with Gasteiger partial charge in [0.2, 0.25) is 0 Å². The van der Waals surface area contributed by atoms with E-state index < -0.39 is 0 Å². The summed E-state index contributed by atoms with van der Waals surface area (Å²) in [6.45, 7) is 9.59. The van der Waals surface area contributed by atoms with Crippen molar-refractivity contribution in [1.29, 1.82) is 0 Å². The molecule has 1 atom stereocenters. The number of nitrogens with one attached hydrogen (secondary N) is 1. The number of halogens is 1. The first kappa shape index (κ1) is 15.7. The molecule has 2 rings (SSSR count). The van der Waals surface area contributed by atoms with Crippen LogP contribution in [0.15, 0.2) is 34.1 Å². The zero-order chi connectivity index (χ0) is 14.8. The summed E-state index contributed by atoms with van der Waals surface area (Å²) in [5, 5.41) is 6.88. The van der Waals surface area contributed by atoms with Gasteiger partial charge in [0, 0.05) is 27.9 Å². The first-order valence-corrected chi connectivity index (χ1v) is 8.47. The minimum atomic E-state index is 0.138. The molecule has 0 saturated heterocycles. The molecule has 1 aromatic carbocycles. The van der Waals surface area contributed by atoms with Gasteiger partial charge in [-0.15, -0.1) is 11.3 Å². The first-order valence-electron chi connectivity index (χ1n) is 6.80. The van der Waals surface area contributed by atoms with Crippen molar-refractivity contribution in [1.82, 2.24) is 10.3 Å². The van der Waals surface area contributed by atoms with Gasteiger partial charge in [-0.3, -0.25) is 0 Å². The van der Waals surface area contributed by atoms with Crippen LogP contribution in [0.5, 0.6) is 0 Å². The lowest BCUT2D eigenvalue weighted by atomic mass is 9.98. The molecule has 1 N–H and O–H groups in total. The third-order valence-electron chi connectivity index (χ3n) is 3.13. The number of hydrogen-bond donors (Lipinski definition) is 1. The molecule has 4 heteroatoms. The summed E-state index contributed by atoms with van der Waals surface area (Å²) < 4.78 is 1.12. The Labute approximate surface area is 133 Å². The lowest BCUT2D eigenvalue weighted by Gasteiger charge is -2.15. The standard InChI is InChI=1S/C16H21BrN2S/c1-11(12-6-5-7-13(17)8-12)18-9-14-10-20-15(19-14)16(2,3)4/h5-8,10-11,18H,9H2,1-4H3/t11-/m0/s1. The van der Waals surface area contributed by atoms with E-state index in [-0.39, 0.29) is 5.41 Å². The Balaban J connectivity index is 1.97. The van der Waals surface area contributed by atoms with Gasteiger partial charge in [0.05, 0.1) is 10.7 Å². The van der Waals surface area contributed by atoms with Crippen molar-refractivity contribution in [3.63, 3.8) is 0 Å². The first-order chi connectivity index (χ1) is 9.36. The topological polar surface area (TPSA) is 24.9 Å². The Hall–Kier alpha value is -0.710. The quantitative estimate of drug-likeness (QED) is 0.832. The smallest absolute Gasteiger partial charge is 0.0982 e. The van der Waals surface area contributed by atoms with Crippen LogP contribution in [-0.2, 0) is 12.0 Å². The molecule has 0 spiro atoms. The molecule has 0 radical (unpaired) electrons. The Morgan fingerprint density at radius 3 is 2.70 bits per heavy atom. The molecule has 2 aromatic rings. The summed E-state index contributed by atoms with van der Waals surface area (Å²) >= 11 is 5.26. The highest BCUT2D eigenvalue weighted by Crippen LogP contribution is 2.26. The van der Waals surface area contributed by atoms with Crippen molar-refractivity contribution in [3.8, 4) is 0 Å². The molecule has 1 heterocycles. The highest BCUT2D eigenvalue weighted by molar-refractivity contribution is 9.10. The molecule has 0 aliphatic carbocycles. The number of benzene rings is 1. The predicted molar refractivity (Wildman–Crippen MR) is 90.2 cm³/mol. The Kier molecular flexibility index (Phi) is 4.99. The maximum Gasteiger partial charge on any atom is 0.0982 e. The molecule has 0 saturated carbocycles. The molecule has 0 amide bonds. The minimum Gasteiger partial charge on any atom is -0.305 e. The van der Waals surface area contributed by atoms with Crippen molar-refractivity contribution in [3.05, 3.63) is 50.4 Å². The minimum absolute atomic E-state index is 0.138. The van der Waals surface area contributed by atoms with Gasteiger partial charge in [-0.1, -0.05) is 48.8 Å². The molecular formula is C16H21BrN2S. The van der Waals surface area contributed by atoms with E-state index >= 15 is 0 Å². The van der Waals surface area contributed by atoms with Crippen molar-refractivity contribution in [2.24, 2.45) is 0 Å². The van der Waals surface area contributed by atoms with Crippen LogP contribution in [-0.4, -0.2) is 4.98 Å². The van der Waals surface area contributed by atoms with Gasteiger partial charge < -0.3 is 5.32 Å². The second-order valence-electron chi connectivity index (χ2n) is 6.05. The highest BCUT2D eigenvalue weighted by atomic mass is 79.9. The van der Waals surface area contributed by atoms with Gasteiger partial charge in [0.25, 0.3) is 0 Å². The lowest BCUT2D eigenvalue weighted by molar-refractivity contribution is 0.556.